The Hall–Kier alpha value is -2.61. The molecule has 0 aromatic heterocycles. The summed E-state index contributed by atoms with van der Waals surface area (Å²) in [6, 6.07) is 8.49. The molecule has 0 bridgehead atoms. The van der Waals surface area contributed by atoms with E-state index in [2.05, 4.69) is 10.6 Å². The number of carboxylic acid groups (broad SMARTS) is 2. The van der Waals surface area contributed by atoms with Crippen molar-refractivity contribution in [2.45, 2.75) is 44.6 Å². The van der Waals surface area contributed by atoms with E-state index in [1.807, 2.05) is 24.3 Å². The lowest BCUT2D eigenvalue weighted by Crippen LogP contribution is -2.40. The van der Waals surface area contributed by atoms with E-state index in [1.165, 1.54) is 37.7 Å². The number of nitrogens with one attached hydrogen (secondary N) is 2. The molecule has 2 rings (SSSR count). The first-order valence-corrected chi connectivity index (χ1v) is 9.01. The Morgan fingerprint density at radius 3 is 2.15 bits per heavy atom. The zero-order valence-electron chi connectivity index (χ0n) is 15.6. The first kappa shape index (κ1) is 22.4. The summed E-state index contributed by atoms with van der Waals surface area (Å²) in [6.07, 6.45) is 7.18. The average Bonchev–Trinajstić information content (AvgIpc) is 2.68. The second-order valence-electron chi connectivity index (χ2n) is 6.27. The van der Waals surface area contributed by atoms with Crippen molar-refractivity contribution in [3.8, 4) is 5.75 Å². The summed E-state index contributed by atoms with van der Waals surface area (Å²) in [5.41, 5.74) is 1.20. The third kappa shape index (κ3) is 10.2. The van der Waals surface area contributed by atoms with Gasteiger partial charge in [0.15, 0.2) is 0 Å². The predicted octanol–water partition coefficient (Wildman–Crippen LogP) is 1.43. The number of carbonyl (C=O) groups excluding carboxylic acids is 1. The van der Waals surface area contributed by atoms with Crippen LogP contribution in [0.15, 0.2) is 24.3 Å². The van der Waals surface area contributed by atoms with Gasteiger partial charge < -0.3 is 25.6 Å². The quantitative estimate of drug-likeness (QED) is 0.527. The Morgan fingerprint density at radius 2 is 1.63 bits per heavy atom. The number of carboxylic acids is 2. The smallest absolute Gasteiger partial charge is 0.414 e. The minimum Gasteiger partial charge on any atom is -0.497 e. The third-order valence-corrected chi connectivity index (χ3v) is 4.23. The summed E-state index contributed by atoms with van der Waals surface area (Å²) in [7, 11) is 1.66. The molecule has 1 amide bonds. The molecule has 1 aliphatic carbocycles. The number of methoxy groups -OCH3 is 1. The van der Waals surface area contributed by atoms with Crippen LogP contribution in [-0.2, 0) is 20.8 Å². The fraction of sp³-hybridized carbons (Fsp3) is 0.526. The van der Waals surface area contributed by atoms with Crippen molar-refractivity contribution in [1.82, 2.24) is 10.6 Å². The largest absolute Gasteiger partial charge is 0.497 e. The highest BCUT2D eigenvalue weighted by molar-refractivity contribution is 6.27. The zero-order chi connectivity index (χ0) is 20.1. The number of amides is 1. The molecule has 0 unspecified atom stereocenters. The van der Waals surface area contributed by atoms with Gasteiger partial charge in [0.05, 0.1) is 13.7 Å². The van der Waals surface area contributed by atoms with E-state index >= 15 is 0 Å². The van der Waals surface area contributed by atoms with Gasteiger partial charge in [-0.3, -0.25) is 4.79 Å². The van der Waals surface area contributed by atoms with E-state index in [-0.39, 0.29) is 5.91 Å². The lowest BCUT2D eigenvalue weighted by atomic mass is 9.95. The SMILES string of the molecule is COc1ccc(CCNC(=O)CNC2CCCCC2)cc1.O=C(O)C(=O)O. The number of hydrogen-bond donors (Lipinski definition) is 4. The van der Waals surface area contributed by atoms with Crippen LogP contribution in [0.25, 0.3) is 0 Å². The highest BCUT2D eigenvalue weighted by atomic mass is 16.5. The Labute approximate surface area is 158 Å². The number of ether oxygens (including phenoxy) is 1. The maximum atomic E-state index is 11.8. The van der Waals surface area contributed by atoms with Gasteiger partial charge in [0.25, 0.3) is 0 Å². The van der Waals surface area contributed by atoms with Crippen LogP contribution < -0.4 is 15.4 Å². The molecule has 0 saturated heterocycles. The molecular formula is C19H28N2O6. The van der Waals surface area contributed by atoms with Gasteiger partial charge in [-0.2, -0.15) is 0 Å². The van der Waals surface area contributed by atoms with Crippen LogP contribution in [0.1, 0.15) is 37.7 Å². The monoisotopic (exact) mass is 380 g/mol. The molecule has 150 valence electrons. The van der Waals surface area contributed by atoms with Crippen LogP contribution in [0, 0.1) is 0 Å². The number of carbonyl (C=O) groups is 3. The van der Waals surface area contributed by atoms with Gasteiger partial charge in [0.2, 0.25) is 5.91 Å². The summed E-state index contributed by atoms with van der Waals surface area (Å²) in [5.74, 6) is -2.70. The average molecular weight is 380 g/mol. The van der Waals surface area contributed by atoms with E-state index in [4.69, 9.17) is 24.5 Å². The zero-order valence-corrected chi connectivity index (χ0v) is 15.6. The van der Waals surface area contributed by atoms with E-state index in [0.29, 0.717) is 19.1 Å². The van der Waals surface area contributed by atoms with Crippen LogP contribution in [-0.4, -0.2) is 54.3 Å². The van der Waals surface area contributed by atoms with Gasteiger partial charge in [-0.05, 0) is 37.0 Å². The topological polar surface area (TPSA) is 125 Å². The molecule has 0 spiro atoms. The van der Waals surface area contributed by atoms with Crippen LogP contribution in [0.2, 0.25) is 0 Å². The maximum absolute atomic E-state index is 11.8. The predicted molar refractivity (Wildman–Crippen MR) is 99.9 cm³/mol. The van der Waals surface area contributed by atoms with Gasteiger partial charge in [-0.25, -0.2) is 9.59 Å². The second kappa shape index (κ2) is 12.7. The van der Waals surface area contributed by atoms with Gasteiger partial charge >= 0.3 is 11.9 Å². The number of benzene rings is 1. The Bertz CT molecular complexity index is 585. The number of aliphatic carboxylic acids is 2. The van der Waals surface area contributed by atoms with Gasteiger partial charge in [0, 0.05) is 12.6 Å². The summed E-state index contributed by atoms with van der Waals surface area (Å²) < 4.78 is 5.12. The van der Waals surface area contributed by atoms with Crippen molar-refractivity contribution in [1.29, 1.82) is 0 Å². The van der Waals surface area contributed by atoms with Crippen LogP contribution in [0.4, 0.5) is 0 Å². The van der Waals surface area contributed by atoms with E-state index in [0.717, 1.165) is 12.2 Å². The van der Waals surface area contributed by atoms with Crippen LogP contribution >= 0.6 is 0 Å². The van der Waals surface area contributed by atoms with Crippen LogP contribution in [0.5, 0.6) is 5.75 Å². The molecule has 0 atom stereocenters. The van der Waals surface area contributed by atoms with Gasteiger partial charge in [0.1, 0.15) is 5.75 Å². The minimum atomic E-state index is -1.82. The van der Waals surface area contributed by atoms with Crippen molar-refractivity contribution in [2.75, 3.05) is 20.2 Å². The molecule has 1 fully saturated rings. The molecule has 8 heteroatoms. The molecule has 1 aliphatic rings. The highest BCUT2D eigenvalue weighted by Gasteiger charge is 2.13. The number of hydrogen-bond acceptors (Lipinski definition) is 5. The molecule has 27 heavy (non-hydrogen) atoms. The lowest BCUT2D eigenvalue weighted by Gasteiger charge is -2.22. The third-order valence-electron chi connectivity index (χ3n) is 4.23. The van der Waals surface area contributed by atoms with E-state index in [1.54, 1.807) is 7.11 Å². The molecule has 4 N–H and O–H groups in total. The first-order valence-electron chi connectivity index (χ1n) is 9.01. The highest BCUT2D eigenvalue weighted by Crippen LogP contribution is 2.17. The summed E-state index contributed by atoms with van der Waals surface area (Å²) in [5, 5.41) is 21.1. The summed E-state index contributed by atoms with van der Waals surface area (Å²) >= 11 is 0. The molecule has 1 saturated carbocycles. The molecule has 0 heterocycles. The van der Waals surface area contributed by atoms with Crippen molar-refractivity contribution in [3.05, 3.63) is 29.8 Å². The van der Waals surface area contributed by atoms with Gasteiger partial charge in [-0.15, -0.1) is 0 Å². The maximum Gasteiger partial charge on any atom is 0.414 e. The fourth-order valence-electron chi connectivity index (χ4n) is 2.74. The standard InChI is InChI=1S/C17H26N2O2.C2H2O4/c1-21-16-9-7-14(8-10-16)11-12-18-17(20)13-19-15-5-3-2-4-6-15;3-1(4)2(5)6/h7-10,15,19H,2-6,11-13H2,1H3,(H,18,20);(H,3,4)(H,5,6). The van der Waals surface area contributed by atoms with Crippen LogP contribution in [0.3, 0.4) is 0 Å². The molecule has 1 aromatic rings. The normalized spacial score (nSPS) is 13.8. The Balaban J connectivity index is 0.000000527. The van der Waals surface area contributed by atoms with Crippen molar-refractivity contribution in [2.24, 2.45) is 0 Å². The van der Waals surface area contributed by atoms with Gasteiger partial charge in [-0.1, -0.05) is 31.4 Å². The molecule has 1 aromatic carbocycles. The number of rotatable bonds is 7. The fourth-order valence-corrected chi connectivity index (χ4v) is 2.74. The Kier molecular flexibility index (Phi) is 10.5. The molecule has 8 nitrogen and oxygen atoms in total. The van der Waals surface area contributed by atoms with E-state index < -0.39 is 11.9 Å². The van der Waals surface area contributed by atoms with E-state index in [9.17, 15) is 4.79 Å². The second-order valence-corrected chi connectivity index (χ2v) is 6.27. The molecule has 0 radical (unpaired) electrons. The van der Waals surface area contributed by atoms with Crippen molar-refractivity contribution >= 4 is 17.8 Å². The Morgan fingerprint density at radius 1 is 1.04 bits per heavy atom. The summed E-state index contributed by atoms with van der Waals surface area (Å²) in [6.45, 7) is 1.12. The minimum absolute atomic E-state index is 0.0917. The van der Waals surface area contributed by atoms with Crippen molar-refractivity contribution < 1.29 is 29.3 Å². The molecular weight excluding hydrogens is 352 g/mol. The molecule has 0 aliphatic heterocycles. The van der Waals surface area contributed by atoms with Crippen molar-refractivity contribution in [3.63, 3.8) is 0 Å². The first-order chi connectivity index (χ1) is 12.9. The summed E-state index contributed by atoms with van der Waals surface area (Å²) in [4.78, 5) is 30.0. The lowest BCUT2D eigenvalue weighted by molar-refractivity contribution is -0.159.